The van der Waals surface area contributed by atoms with Crippen LogP contribution in [-0.2, 0) is 0 Å². The third-order valence-corrected chi connectivity index (χ3v) is 5.97. The zero-order valence-corrected chi connectivity index (χ0v) is 21.3. The lowest BCUT2D eigenvalue weighted by Crippen LogP contribution is -2.17. The van der Waals surface area contributed by atoms with Gasteiger partial charge in [-0.3, -0.25) is 4.79 Å². The van der Waals surface area contributed by atoms with Crippen LogP contribution in [-0.4, -0.2) is 30.3 Å². The molecule has 0 bridgehead atoms. The number of thiazole rings is 1. The molecule has 7 nitrogen and oxygen atoms in total. The van der Waals surface area contributed by atoms with Gasteiger partial charge in [0.05, 0.1) is 18.5 Å². The predicted molar refractivity (Wildman–Crippen MR) is 149 cm³/mol. The first-order valence-electron chi connectivity index (χ1n) is 11.6. The van der Waals surface area contributed by atoms with Gasteiger partial charge in [0, 0.05) is 22.2 Å². The van der Waals surface area contributed by atoms with E-state index in [4.69, 9.17) is 15.9 Å². The lowest BCUT2D eigenvalue weighted by Gasteiger charge is -2.10. The van der Waals surface area contributed by atoms with E-state index in [2.05, 4.69) is 45.8 Å². The zero-order chi connectivity index (χ0) is 26.0. The van der Waals surface area contributed by atoms with Gasteiger partial charge in [0.2, 0.25) is 0 Å². The third-order valence-electron chi connectivity index (χ3n) is 5.21. The smallest absolute Gasteiger partial charge is 0.271 e. The van der Waals surface area contributed by atoms with E-state index in [0.717, 1.165) is 27.6 Å². The number of amides is 1. The van der Waals surface area contributed by atoms with Gasteiger partial charge in [-0.15, -0.1) is 17.8 Å². The molecule has 0 radical (unpaired) electrons. The Hall–Kier alpha value is -4.61. The summed E-state index contributed by atoms with van der Waals surface area (Å²) < 4.78 is 11.1. The Morgan fingerprint density at radius 3 is 2.59 bits per heavy atom. The molecular formula is C29H26N4O3S. The molecule has 8 heteroatoms. The summed E-state index contributed by atoms with van der Waals surface area (Å²) in [7, 11) is 0. The van der Waals surface area contributed by atoms with Gasteiger partial charge in [-0.05, 0) is 61.9 Å². The van der Waals surface area contributed by atoms with E-state index in [1.165, 1.54) is 23.1 Å². The molecule has 186 valence electrons. The Morgan fingerprint density at radius 1 is 1.08 bits per heavy atom. The SMILES string of the molecule is C#CCOc1ccc(/C=N\NC(=O)c2ccc(-c3csc(Nc4ccc(C)cc4)n3)cc2)cc1OCC. The van der Waals surface area contributed by atoms with Crippen molar-refractivity contribution < 1.29 is 14.3 Å². The third kappa shape index (κ3) is 6.97. The number of carbonyl (C=O) groups is 1. The van der Waals surface area contributed by atoms with Gasteiger partial charge in [0.25, 0.3) is 5.91 Å². The second kappa shape index (κ2) is 12.4. The topological polar surface area (TPSA) is 84.8 Å². The Kier molecular flexibility index (Phi) is 8.53. The number of hydrogen-bond acceptors (Lipinski definition) is 7. The Bertz CT molecular complexity index is 1420. The van der Waals surface area contributed by atoms with Gasteiger partial charge in [-0.25, -0.2) is 10.4 Å². The highest BCUT2D eigenvalue weighted by Crippen LogP contribution is 2.29. The molecular weight excluding hydrogens is 484 g/mol. The molecule has 1 aromatic heterocycles. The maximum Gasteiger partial charge on any atom is 0.271 e. The normalized spacial score (nSPS) is 10.6. The minimum Gasteiger partial charge on any atom is -0.490 e. The number of hydrogen-bond donors (Lipinski definition) is 2. The average Bonchev–Trinajstić information content (AvgIpc) is 3.38. The maximum absolute atomic E-state index is 12.5. The molecule has 37 heavy (non-hydrogen) atoms. The highest BCUT2D eigenvalue weighted by molar-refractivity contribution is 7.14. The van der Waals surface area contributed by atoms with Crippen LogP contribution < -0.4 is 20.2 Å². The van der Waals surface area contributed by atoms with E-state index in [0.29, 0.717) is 23.7 Å². The van der Waals surface area contributed by atoms with Crippen molar-refractivity contribution in [2.45, 2.75) is 13.8 Å². The number of aryl methyl sites for hydroxylation is 1. The number of hydrazone groups is 1. The minimum atomic E-state index is -0.318. The van der Waals surface area contributed by atoms with Crippen LogP contribution in [0.4, 0.5) is 10.8 Å². The van der Waals surface area contributed by atoms with E-state index < -0.39 is 0 Å². The Labute approximate surface area is 220 Å². The van der Waals surface area contributed by atoms with Gasteiger partial charge in [0.15, 0.2) is 16.6 Å². The summed E-state index contributed by atoms with van der Waals surface area (Å²) in [6, 6.07) is 20.7. The van der Waals surface area contributed by atoms with Crippen LogP contribution in [0.5, 0.6) is 11.5 Å². The molecule has 1 heterocycles. The molecule has 0 aliphatic carbocycles. The monoisotopic (exact) mass is 510 g/mol. The van der Waals surface area contributed by atoms with Crippen molar-refractivity contribution in [3.8, 4) is 35.1 Å². The highest BCUT2D eigenvalue weighted by Gasteiger charge is 2.09. The van der Waals surface area contributed by atoms with Crippen molar-refractivity contribution in [2.75, 3.05) is 18.5 Å². The number of ether oxygens (including phenoxy) is 2. The number of nitrogens with one attached hydrogen (secondary N) is 2. The molecule has 0 fully saturated rings. The number of terminal acetylenes is 1. The highest BCUT2D eigenvalue weighted by atomic mass is 32.1. The van der Waals surface area contributed by atoms with Crippen LogP contribution in [0.25, 0.3) is 11.3 Å². The summed E-state index contributed by atoms with van der Waals surface area (Å²) in [6.07, 6.45) is 6.80. The van der Waals surface area contributed by atoms with Gasteiger partial charge < -0.3 is 14.8 Å². The first-order valence-corrected chi connectivity index (χ1v) is 12.5. The van der Waals surface area contributed by atoms with E-state index in [1.807, 2.05) is 36.6 Å². The van der Waals surface area contributed by atoms with E-state index >= 15 is 0 Å². The van der Waals surface area contributed by atoms with Crippen molar-refractivity contribution in [3.63, 3.8) is 0 Å². The molecule has 1 amide bonds. The van der Waals surface area contributed by atoms with Crippen LogP contribution in [0, 0.1) is 19.3 Å². The summed E-state index contributed by atoms with van der Waals surface area (Å²) in [5, 5.41) is 10.2. The van der Waals surface area contributed by atoms with Crippen LogP contribution in [0.1, 0.15) is 28.4 Å². The lowest BCUT2D eigenvalue weighted by molar-refractivity contribution is 0.0955. The summed E-state index contributed by atoms with van der Waals surface area (Å²) in [6.45, 7) is 4.56. The van der Waals surface area contributed by atoms with Gasteiger partial charge >= 0.3 is 0 Å². The van der Waals surface area contributed by atoms with E-state index in [9.17, 15) is 4.79 Å². The van der Waals surface area contributed by atoms with Gasteiger partial charge in [-0.2, -0.15) is 5.10 Å². The van der Waals surface area contributed by atoms with E-state index in [1.54, 1.807) is 30.3 Å². The maximum atomic E-state index is 12.5. The first kappa shape index (κ1) is 25.5. The van der Waals surface area contributed by atoms with Crippen LogP contribution >= 0.6 is 11.3 Å². The van der Waals surface area contributed by atoms with Crippen LogP contribution in [0.3, 0.4) is 0 Å². The average molecular weight is 511 g/mol. The second-order valence-corrected chi connectivity index (χ2v) is 8.80. The fraction of sp³-hybridized carbons (Fsp3) is 0.138. The molecule has 4 aromatic rings. The molecule has 0 aliphatic rings. The standard InChI is InChI=1S/C29H26N4O3S/c1-4-16-36-26-15-8-21(17-27(26)35-5-2)18-30-33-28(34)23-11-9-22(10-12-23)25-19-37-29(32-25)31-24-13-6-20(3)7-14-24/h1,6-15,17-19H,5,16H2,2-3H3,(H,31,32)(H,33,34)/b30-18-. The minimum absolute atomic E-state index is 0.149. The molecule has 0 saturated heterocycles. The Morgan fingerprint density at radius 2 is 1.86 bits per heavy atom. The quantitative estimate of drug-likeness (QED) is 0.154. The summed E-state index contributed by atoms with van der Waals surface area (Å²) in [4.78, 5) is 17.2. The number of aromatic nitrogens is 1. The van der Waals surface area contributed by atoms with Crippen molar-refractivity contribution >= 4 is 34.3 Å². The van der Waals surface area contributed by atoms with Gasteiger partial charge in [0.1, 0.15) is 6.61 Å². The van der Waals surface area contributed by atoms with E-state index in [-0.39, 0.29) is 12.5 Å². The van der Waals surface area contributed by atoms with Crippen LogP contribution in [0.2, 0.25) is 0 Å². The molecule has 0 unspecified atom stereocenters. The number of rotatable bonds is 10. The number of benzene rings is 3. The molecule has 3 aromatic carbocycles. The largest absolute Gasteiger partial charge is 0.490 e. The van der Waals surface area contributed by atoms with Gasteiger partial charge in [-0.1, -0.05) is 35.7 Å². The summed E-state index contributed by atoms with van der Waals surface area (Å²) in [5.41, 5.74) is 7.73. The molecule has 0 aliphatic heterocycles. The molecule has 0 atom stereocenters. The summed E-state index contributed by atoms with van der Waals surface area (Å²) >= 11 is 1.53. The molecule has 0 spiro atoms. The summed E-state index contributed by atoms with van der Waals surface area (Å²) in [5.74, 6) is 3.22. The van der Waals surface area contributed by atoms with Crippen molar-refractivity contribution in [2.24, 2.45) is 5.10 Å². The Balaban J connectivity index is 1.36. The number of carbonyl (C=O) groups excluding carboxylic acids is 1. The van der Waals surface area contributed by atoms with Crippen LogP contribution in [0.15, 0.2) is 77.2 Å². The number of nitrogens with zero attached hydrogens (tertiary/aromatic N) is 2. The second-order valence-electron chi connectivity index (χ2n) is 7.94. The lowest BCUT2D eigenvalue weighted by atomic mass is 10.1. The fourth-order valence-corrected chi connectivity index (χ4v) is 4.10. The fourth-order valence-electron chi connectivity index (χ4n) is 3.36. The van der Waals surface area contributed by atoms with Crippen molar-refractivity contribution in [3.05, 3.63) is 88.8 Å². The number of anilines is 2. The predicted octanol–water partition coefficient (Wildman–Crippen LogP) is 6.04. The zero-order valence-electron chi connectivity index (χ0n) is 20.5. The molecule has 0 saturated carbocycles. The molecule has 2 N–H and O–H groups in total. The first-order chi connectivity index (χ1) is 18.1. The van der Waals surface area contributed by atoms with Crippen molar-refractivity contribution in [1.82, 2.24) is 10.4 Å². The molecule has 4 rings (SSSR count). The van der Waals surface area contributed by atoms with Crippen molar-refractivity contribution in [1.29, 1.82) is 0 Å².